The van der Waals surface area contributed by atoms with Crippen molar-refractivity contribution in [3.8, 4) is 0 Å². The number of amides is 1. The second kappa shape index (κ2) is 4.60. The van der Waals surface area contributed by atoms with Gasteiger partial charge < -0.3 is 11.1 Å². The summed E-state index contributed by atoms with van der Waals surface area (Å²) >= 11 is 0. The summed E-state index contributed by atoms with van der Waals surface area (Å²) in [5.41, 5.74) is 6.24. The molecule has 2 rings (SSSR count). The molecule has 0 unspecified atom stereocenters. The van der Waals surface area contributed by atoms with Crippen molar-refractivity contribution < 1.29 is 4.79 Å². The molecule has 0 aliphatic carbocycles. The summed E-state index contributed by atoms with van der Waals surface area (Å²) in [5.74, 6) is -0.00448. The Morgan fingerprint density at radius 2 is 2.29 bits per heavy atom. The number of carbonyl (C=O) groups excluding carboxylic acids is 1. The fraction of sp³-hybridized carbons (Fsp3) is 0.200. The number of nitrogens with zero attached hydrogens (tertiary/aromatic N) is 4. The van der Waals surface area contributed by atoms with E-state index in [1.807, 2.05) is 13.2 Å². The third-order valence-corrected chi connectivity index (χ3v) is 2.15. The van der Waals surface area contributed by atoms with Crippen LogP contribution in [0.5, 0.6) is 0 Å². The van der Waals surface area contributed by atoms with Crippen LogP contribution >= 0.6 is 0 Å². The molecule has 0 aromatic carbocycles. The summed E-state index contributed by atoms with van der Waals surface area (Å²) in [7, 11) is 1.85. The summed E-state index contributed by atoms with van der Waals surface area (Å²) in [6.45, 7) is 0.596. The van der Waals surface area contributed by atoms with E-state index in [4.69, 9.17) is 5.73 Å². The molecule has 7 nitrogen and oxygen atoms in total. The maximum absolute atomic E-state index is 10.8. The fourth-order valence-corrected chi connectivity index (χ4v) is 1.31. The summed E-state index contributed by atoms with van der Waals surface area (Å²) in [6, 6.07) is 3.18. The van der Waals surface area contributed by atoms with Crippen molar-refractivity contribution in [2.45, 2.75) is 6.54 Å². The van der Waals surface area contributed by atoms with Gasteiger partial charge in [0.1, 0.15) is 5.82 Å². The van der Waals surface area contributed by atoms with E-state index in [0.29, 0.717) is 12.4 Å². The average molecular weight is 232 g/mol. The van der Waals surface area contributed by atoms with Crippen molar-refractivity contribution in [2.75, 3.05) is 5.32 Å². The molecule has 17 heavy (non-hydrogen) atoms. The van der Waals surface area contributed by atoms with Crippen LogP contribution in [-0.2, 0) is 13.6 Å². The highest BCUT2D eigenvalue weighted by Crippen LogP contribution is 2.04. The molecule has 1 amide bonds. The van der Waals surface area contributed by atoms with Crippen LogP contribution in [-0.4, -0.2) is 25.9 Å². The number of aromatic nitrogens is 4. The zero-order valence-electron chi connectivity index (χ0n) is 9.29. The third kappa shape index (κ3) is 2.77. The van der Waals surface area contributed by atoms with Gasteiger partial charge in [-0.05, 0) is 12.1 Å². The highest BCUT2D eigenvalue weighted by molar-refractivity contribution is 5.90. The zero-order chi connectivity index (χ0) is 12.3. The largest absolute Gasteiger partial charge is 0.364 e. The fourth-order valence-electron chi connectivity index (χ4n) is 1.31. The molecule has 0 saturated carbocycles. The Balaban J connectivity index is 1.97. The van der Waals surface area contributed by atoms with Crippen LogP contribution in [0.3, 0.4) is 0 Å². The van der Waals surface area contributed by atoms with Crippen molar-refractivity contribution in [2.24, 2.45) is 12.8 Å². The van der Waals surface area contributed by atoms with Gasteiger partial charge in [-0.15, -0.1) is 10.2 Å². The monoisotopic (exact) mass is 232 g/mol. The summed E-state index contributed by atoms with van der Waals surface area (Å²) in [5, 5.41) is 14.6. The molecular weight excluding hydrogens is 220 g/mol. The molecule has 2 aromatic heterocycles. The molecule has 7 heteroatoms. The predicted octanol–water partition coefficient (Wildman–Crippen LogP) is -0.0789. The molecule has 0 radical (unpaired) electrons. The van der Waals surface area contributed by atoms with E-state index in [0.717, 1.165) is 5.56 Å². The minimum atomic E-state index is -0.587. The van der Waals surface area contributed by atoms with Gasteiger partial charge in [-0.3, -0.25) is 9.48 Å². The molecule has 3 N–H and O–H groups in total. The highest BCUT2D eigenvalue weighted by Gasteiger charge is 2.03. The van der Waals surface area contributed by atoms with Gasteiger partial charge in [0.05, 0.1) is 6.20 Å². The number of primary amides is 1. The van der Waals surface area contributed by atoms with Crippen LogP contribution < -0.4 is 11.1 Å². The standard InChI is InChI=1S/C10H12N6O/c1-16-6-7(5-13-16)4-12-9-3-2-8(10(11)17)14-15-9/h2-3,5-6H,4H2,1H3,(H2,11,17)(H,12,15). The predicted molar refractivity (Wildman–Crippen MR) is 61.1 cm³/mol. The van der Waals surface area contributed by atoms with E-state index >= 15 is 0 Å². The Morgan fingerprint density at radius 1 is 1.47 bits per heavy atom. The smallest absolute Gasteiger partial charge is 0.269 e. The van der Waals surface area contributed by atoms with Crippen LogP contribution in [0.25, 0.3) is 0 Å². The first-order valence-electron chi connectivity index (χ1n) is 5.00. The lowest BCUT2D eigenvalue weighted by Crippen LogP contribution is -2.14. The van der Waals surface area contributed by atoms with Gasteiger partial charge in [0.25, 0.3) is 5.91 Å². The van der Waals surface area contributed by atoms with Crippen LogP contribution in [0.1, 0.15) is 16.1 Å². The zero-order valence-corrected chi connectivity index (χ0v) is 9.29. The molecule has 88 valence electrons. The first-order valence-corrected chi connectivity index (χ1v) is 5.00. The minimum absolute atomic E-state index is 0.150. The molecule has 0 bridgehead atoms. The Labute approximate surface area is 97.6 Å². The maximum atomic E-state index is 10.8. The van der Waals surface area contributed by atoms with E-state index in [2.05, 4.69) is 20.6 Å². The van der Waals surface area contributed by atoms with Crippen molar-refractivity contribution >= 4 is 11.7 Å². The van der Waals surface area contributed by atoms with Crippen LogP contribution in [0.15, 0.2) is 24.5 Å². The highest BCUT2D eigenvalue weighted by atomic mass is 16.1. The minimum Gasteiger partial charge on any atom is -0.364 e. The molecule has 2 heterocycles. The number of rotatable bonds is 4. The number of anilines is 1. The second-order valence-electron chi connectivity index (χ2n) is 3.54. The van der Waals surface area contributed by atoms with Crippen molar-refractivity contribution in [3.05, 3.63) is 35.8 Å². The number of nitrogens with one attached hydrogen (secondary N) is 1. The Hall–Kier alpha value is -2.44. The number of nitrogens with two attached hydrogens (primary N) is 1. The molecular formula is C10H12N6O. The lowest BCUT2D eigenvalue weighted by atomic mass is 10.3. The molecule has 0 saturated heterocycles. The van der Waals surface area contributed by atoms with Gasteiger partial charge in [-0.2, -0.15) is 5.10 Å². The van der Waals surface area contributed by atoms with Crippen molar-refractivity contribution in [1.29, 1.82) is 0 Å². The van der Waals surface area contributed by atoms with Gasteiger partial charge in [0.15, 0.2) is 5.69 Å². The second-order valence-corrected chi connectivity index (χ2v) is 3.54. The van der Waals surface area contributed by atoms with E-state index < -0.39 is 5.91 Å². The number of carbonyl (C=O) groups is 1. The molecule has 2 aromatic rings. The normalized spacial score (nSPS) is 10.2. The van der Waals surface area contributed by atoms with Crippen molar-refractivity contribution in [1.82, 2.24) is 20.0 Å². The van der Waals surface area contributed by atoms with Gasteiger partial charge >= 0.3 is 0 Å². The van der Waals surface area contributed by atoms with Gasteiger partial charge in [-0.1, -0.05) is 0 Å². The SMILES string of the molecule is Cn1cc(CNc2ccc(C(N)=O)nn2)cn1. The van der Waals surface area contributed by atoms with E-state index in [-0.39, 0.29) is 5.69 Å². The number of hydrogen-bond acceptors (Lipinski definition) is 5. The third-order valence-electron chi connectivity index (χ3n) is 2.15. The summed E-state index contributed by atoms with van der Waals surface area (Å²) in [4.78, 5) is 10.8. The van der Waals surface area contributed by atoms with Crippen LogP contribution in [0.2, 0.25) is 0 Å². The average Bonchev–Trinajstić information content (AvgIpc) is 2.73. The summed E-state index contributed by atoms with van der Waals surface area (Å²) < 4.78 is 1.72. The number of hydrogen-bond donors (Lipinski definition) is 2. The summed E-state index contributed by atoms with van der Waals surface area (Å²) in [6.07, 6.45) is 3.66. The molecule has 0 spiro atoms. The lowest BCUT2D eigenvalue weighted by Gasteiger charge is -2.02. The first kappa shape index (κ1) is 11.1. The molecule has 0 aliphatic heterocycles. The van der Waals surface area contributed by atoms with E-state index in [1.54, 1.807) is 16.9 Å². The molecule has 0 aliphatic rings. The number of aryl methyl sites for hydroxylation is 1. The van der Waals surface area contributed by atoms with Crippen molar-refractivity contribution in [3.63, 3.8) is 0 Å². The Morgan fingerprint density at radius 3 is 2.82 bits per heavy atom. The van der Waals surface area contributed by atoms with E-state index in [1.165, 1.54) is 6.07 Å². The van der Waals surface area contributed by atoms with Gasteiger partial charge in [0.2, 0.25) is 0 Å². The maximum Gasteiger partial charge on any atom is 0.269 e. The first-order chi connectivity index (χ1) is 8.15. The lowest BCUT2D eigenvalue weighted by molar-refractivity contribution is 0.0994. The topological polar surface area (TPSA) is 98.7 Å². The molecule has 0 fully saturated rings. The van der Waals surface area contributed by atoms with Crippen LogP contribution in [0.4, 0.5) is 5.82 Å². The Kier molecular flexibility index (Phi) is 2.99. The van der Waals surface area contributed by atoms with Gasteiger partial charge in [-0.25, -0.2) is 0 Å². The van der Waals surface area contributed by atoms with Crippen LogP contribution in [0, 0.1) is 0 Å². The Bertz CT molecular complexity index is 518. The molecule has 0 atom stereocenters. The quantitative estimate of drug-likeness (QED) is 0.768. The van der Waals surface area contributed by atoms with Gasteiger partial charge in [0, 0.05) is 25.4 Å². The van der Waals surface area contributed by atoms with E-state index in [9.17, 15) is 4.79 Å².